The van der Waals surface area contributed by atoms with Crippen molar-refractivity contribution in [2.24, 2.45) is 0 Å². The van der Waals surface area contributed by atoms with Gasteiger partial charge in [0.1, 0.15) is 0 Å². The van der Waals surface area contributed by atoms with Crippen LogP contribution in [0.4, 0.5) is 0 Å². The number of rotatable bonds is 6. The second kappa shape index (κ2) is 7.78. The van der Waals surface area contributed by atoms with E-state index < -0.39 is 0 Å². The van der Waals surface area contributed by atoms with Crippen molar-refractivity contribution in [2.45, 2.75) is 58.8 Å². The Labute approximate surface area is 149 Å². The Hall–Kier alpha value is -2.21. The van der Waals surface area contributed by atoms with Crippen LogP contribution >= 0.6 is 0 Å². The molecule has 1 aliphatic heterocycles. The van der Waals surface area contributed by atoms with Gasteiger partial charge in [-0.3, -0.25) is 19.4 Å². The third-order valence-electron chi connectivity index (χ3n) is 4.70. The molecule has 1 fully saturated rings. The van der Waals surface area contributed by atoms with E-state index in [2.05, 4.69) is 57.0 Å². The lowest BCUT2D eigenvalue weighted by molar-refractivity contribution is -0.119. The zero-order valence-electron chi connectivity index (χ0n) is 15.3. The Kier molecular flexibility index (Phi) is 5.48. The van der Waals surface area contributed by atoms with Crippen LogP contribution in [0.25, 0.3) is 0 Å². The summed E-state index contributed by atoms with van der Waals surface area (Å²) in [4.78, 5) is 18.2. The van der Waals surface area contributed by atoms with Crippen molar-refractivity contribution in [3.8, 4) is 0 Å². The van der Waals surface area contributed by atoms with Gasteiger partial charge in [-0.25, -0.2) is 0 Å². The van der Waals surface area contributed by atoms with Gasteiger partial charge in [0.2, 0.25) is 5.91 Å². The van der Waals surface area contributed by atoms with Crippen LogP contribution in [0.5, 0.6) is 0 Å². The highest BCUT2D eigenvalue weighted by atomic mass is 16.1. The fourth-order valence-corrected chi connectivity index (χ4v) is 3.45. The van der Waals surface area contributed by atoms with Crippen molar-refractivity contribution in [2.75, 3.05) is 6.54 Å². The van der Waals surface area contributed by atoms with Crippen molar-refractivity contribution in [1.82, 2.24) is 25.0 Å². The zero-order valence-corrected chi connectivity index (χ0v) is 15.3. The molecule has 2 aromatic rings. The summed E-state index contributed by atoms with van der Waals surface area (Å²) in [5.74, 6) is -0.0205. The smallest absolute Gasteiger partial charge is 0.217 e. The lowest BCUT2D eigenvalue weighted by Crippen LogP contribution is -2.25. The fraction of sp³-hybridized carbons (Fsp3) is 0.526. The molecule has 6 heteroatoms. The van der Waals surface area contributed by atoms with Gasteiger partial charge in [-0.15, -0.1) is 0 Å². The molecule has 1 aliphatic rings. The Morgan fingerprint density at radius 2 is 2.20 bits per heavy atom. The first kappa shape index (κ1) is 17.6. The highest BCUT2D eigenvalue weighted by molar-refractivity contribution is 5.72. The number of pyridine rings is 1. The molecule has 3 rings (SSSR count). The summed E-state index contributed by atoms with van der Waals surface area (Å²) in [5.41, 5.74) is 3.39. The van der Waals surface area contributed by atoms with Gasteiger partial charge < -0.3 is 5.32 Å². The number of likely N-dealkylation sites (tertiary alicyclic amines) is 1. The van der Waals surface area contributed by atoms with E-state index in [0.29, 0.717) is 18.6 Å². The van der Waals surface area contributed by atoms with Gasteiger partial charge in [-0.05, 0) is 50.9 Å². The number of carbonyl (C=O) groups is 1. The maximum Gasteiger partial charge on any atom is 0.217 e. The Morgan fingerprint density at radius 1 is 1.36 bits per heavy atom. The van der Waals surface area contributed by atoms with Crippen LogP contribution in [-0.2, 0) is 17.9 Å². The first-order chi connectivity index (χ1) is 12.0. The molecule has 0 spiro atoms. The number of aromatic nitrogens is 3. The van der Waals surface area contributed by atoms with Gasteiger partial charge in [0, 0.05) is 38.4 Å². The van der Waals surface area contributed by atoms with Gasteiger partial charge >= 0.3 is 0 Å². The lowest BCUT2D eigenvalue weighted by Gasteiger charge is -2.25. The minimum atomic E-state index is -0.0205. The van der Waals surface area contributed by atoms with E-state index in [4.69, 9.17) is 0 Å². The zero-order chi connectivity index (χ0) is 17.8. The summed E-state index contributed by atoms with van der Waals surface area (Å²) in [7, 11) is 0. The van der Waals surface area contributed by atoms with Gasteiger partial charge in [0.05, 0.1) is 17.4 Å². The maximum absolute atomic E-state index is 11.0. The maximum atomic E-state index is 11.0. The fourth-order valence-electron chi connectivity index (χ4n) is 3.45. The van der Waals surface area contributed by atoms with Gasteiger partial charge in [-0.1, -0.05) is 6.07 Å². The average molecular weight is 341 g/mol. The monoisotopic (exact) mass is 341 g/mol. The van der Waals surface area contributed by atoms with Crippen LogP contribution < -0.4 is 5.32 Å². The predicted molar refractivity (Wildman–Crippen MR) is 96.8 cm³/mol. The molecule has 0 radical (unpaired) electrons. The number of nitrogens with zero attached hydrogens (tertiary/aromatic N) is 4. The number of nitrogens with one attached hydrogen (secondary N) is 1. The largest absolute Gasteiger partial charge is 0.352 e. The SMILES string of the molecule is CC(=O)NCc1ccc(C2CCCN2Cc2ccnn2C(C)C)nc1. The normalized spacial score (nSPS) is 18.0. The van der Waals surface area contributed by atoms with Crippen molar-refractivity contribution in [1.29, 1.82) is 0 Å². The molecule has 1 N–H and O–H groups in total. The number of hydrogen-bond acceptors (Lipinski definition) is 4. The highest BCUT2D eigenvalue weighted by Gasteiger charge is 2.28. The molecule has 6 nitrogen and oxygen atoms in total. The number of amides is 1. The molecule has 25 heavy (non-hydrogen) atoms. The van der Waals surface area contributed by atoms with Crippen LogP contribution in [0.15, 0.2) is 30.6 Å². The molecule has 3 heterocycles. The van der Waals surface area contributed by atoms with Crippen LogP contribution in [0.3, 0.4) is 0 Å². The van der Waals surface area contributed by atoms with E-state index >= 15 is 0 Å². The third kappa shape index (κ3) is 4.25. The van der Waals surface area contributed by atoms with Gasteiger partial charge in [0.15, 0.2) is 0 Å². The molecule has 1 unspecified atom stereocenters. The summed E-state index contributed by atoms with van der Waals surface area (Å²) < 4.78 is 2.10. The molecule has 2 aromatic heterocycles. The van der Waals surface area contributed by atoms with Crippen molar-refractivity contribution < 1.29 is 4.79 Å². The third-order valence-corrected chi connectivity index (χ3v) is 4.70. The van der Waals surface area contributed by atoms with Gasteiger partial charge in [0.25, 0.3) is 0 Å². The van der Waals surface area contributed by atoms with E-state index in [1.807, 2.05) is 12.4 Å². The highest BCUT2D eigenvalue weighted by Crippen LogP contribution is 2.32. The summed E-state index contributed by atoms with van der Waals surface area (Å²) >= 11 is 0. The topological polar surface area (TPSA) is 63.1 Å². The molecule has 1 saturated heterocycles. The lowest BCUT2D eigenvalue weighted by atomic mass is 10.1. The van der Waals surface area contributed by atoms with Gasteiger partial charge in [-0.2, -0.15) is 5.10 Å². The van der Waals surface area contributed by atoms with Crippen LogP contribution in [0.1, 0.15) is 62.6 Å². The summed E-state index contributed by atoms with van der Waals surface area (Å²) in [5, 5.41) is 7.25. The van der Waals surface area contributed by atoms with Crippen molar-refractivity contribution >= 4 is 5.91 Å². The Morgan fingerprint density at radius 3 is 2.88 bits per heavy atom. The van der Waals surface area contributed by atoms with E-state index in [-0.39, 0.29) is 5.91 Å². The minimum Gasteiger partial charge on any atom is -0.352 e. The van der Waals surface area contributed by atoms with E-state index in [9.17, 15) is 4.79 Å². The average Bonchev–Trinajstić information content (AvgIpc) is 3.23. The Bertz CT molecular complexity index is 707. The summed E-state index contributed by atoms with van der Waals surface area (Å²) in [6.45, 7) is 8.37. The number of hydrogen-bond donors (Lipinski definition) is 1. The standard InChI is InChI=1S/C19H27N5O/c1-14(2)24-17(8-9-22-24)13-23-10-4-5-19(23)18-7-6-16(12-21-18)11-20-15(3)25/h6-9,12,14,19H,4-5,10-11,13H2,1-3H3,(H,20,25). The first-order valence-electron chi connectivity index (χ1n) is 9.00. The summed E-state index contributed by atoms with van der Waals surface area (Å²) in [6.07, 6.45) is 6.08. The predicted octanol–water partition coefficient (Wildman–Crippen LogP) is 2.83. The van der Waals surface area contributed by atoms with Crippen LogP contribution in [0.2, 0.25) is 0 Å². The quantitative estimate of drug-likeness (QED) is 0.877. The molecule has 1 atom stereocenters. The number of carbonyl (C=O) groups excluding carboxylic acids is 1. The molecule has 1 amide bonds. The van der Waals surface area contributed by atoms with E-state index in [0.717, 1.165) is 30.8 Å². The second-order valence-electron chi connectivity index (χ2n) is 6.99. The molecule has 0 bridgehead atoms. The molecule has 0 saturated carbocycles. The molecular formula is C19H27N5O. The minimum absolute atomic E-state index is 0.0205. The van der Waals surface area contributed by atoms with Crippen LogP contribution in [0, 0.1) is 0 Å². The van der Waals surface area contributed by atoms with Crippen LogP contribution in [-0.4, -0.2) is 32.1 Å². The second-order valence-corrected chi connectivity index (χ2v) is 6.99. The van der Waals surface area contributed by atoms with E-state index in [1.165, 1.54) is 19.0 Å². The molecule has 0 aromatic carbocycles. The van der Waals surface area contributed by atoms with E-state index in [1.54, 1.807) is 0 Å². The Balaban J connectivity index is 1.69. The molecule has 0 aliphatic carbocycles. The van der Waals surface area contributed by atoms with Crippen molar-refractivity contribution in [3.05, 3.63) is 47.5 Å². The summed E-state index contributed by atoms with van der Waals surface area (Å²) in [6, 6.07) is 6.99. The molecule has 134 valence electrons. The molecular weight excluding hydrogens is 314 g/mol. The van der Waals surface area contributed by atoms with Crippen molar-refractivity contribution in [3.63, 3.8) is 0 Å². The first-order valence-corrected chi connectivity index (χ1v) is 9.00.